The second kappa shape index (κ2) is 13.7. The molecule has 0 unspecified atom stereocenters. The molecule has 4 rings (SSSR count). The maximum absolute atomic E-state index is 14.3. The number of nitrogens with one attached hydrogen (secondary N) is 1. The van der Waals surface area contributed by atoms with Gasteiger partial charge in [0.25, 0.3) is 5.91 Å². The van der Waals surface area contributed by atoms with Crippen LogP contribution in [-0.4, -0.2) is 88.1 Å². The number of aromatic nitrogens is 3. The van der Waals surface area contributed by atoms with E-state index in [1.807, 2.05) is 30.7 Å². The molecule has 2 N–H and O–H groups in total. The third-order valence-corrected chi connectivity index (χ3v) is 7.67. The number of carboxylic acids is 1. The fourth-order valence-corrected chi connectivity index (χ4v) is 5.84. The summed E-state index contributed by atoms with van der Waals surface area (Å²) in [5, 5.41) is 11.7. The highest BCUT2D eigenvalue weighted by Crippen LogP contribution is 2.37. The molecule has 43 heavy (non-hydrogen) atoms. The lowest BCUT2D eigenvalue weighted by molar-refractivity contribution is -0.138. The molecule has 0 radical (unpaired) electrons. The molecule has 10 nitrogen and oxygen atoms in total. The average Bonchev–Trinajstić information content (AvgIpc) is 3.32. The van der Waals surface area contributed by atoms with Gasteiger partial charge < -0.3 is 14.9 Å². The minimum atomic E-state index is -4.74. The van der Waals surface area contributed by atoms with Crippen LogP contribution in [0.15, 0.2) is 30.6 Å². The molecule has 3 heterocycles. The normalized spacial score (nSPS) is 14.5. The van der Waals surface area contributed by atoms with Crippen LogP contribution in [0, 0.1) is 11.7 Å². The topological polar surface area (TPSA) is 115 Å². The Morgan fingerprint density at radius 2 is 1.84 bits per heavy atom. The Hall–Kier alpha value is -3.69. The molecule has 0 atom stereocenters. The zero-order valence-corrected chi connectivity index (χ0v) is 24.8. The van der Waals surface area contributed by atoms with Crippen molar-refractivity contribution in [1.82, 2.24) is 24.8 Å². The van der Waals surface area contributed by atoms with Crippen molar-refractivity contribution in [1.29, 1.82) is 0 Å². The van der Waals surface area contributed by atoms with E-state index in [-0.39, 0.29) is 28.5 Å². The van der Waals surface area contributed by atoms with Gasteiger partial charge >= 0.3 is 12.1 Å². The minimum Gasteiger partial charge on any atom is -0.481 e. The van der Waals surface area contributed by atoms with Gasteiger partial charge in [-0.3, -0.25) is 19.8 Å². The number of carbonyl (C=O) groups is 2. The molecule has 3 aromatic rings. The third-order valence-electron chi connectivity index (χ3n) is 6.72. The van der Waals surface area contributed by atoms with E-state index in [1.54, 1.807) is 0 Å². The first-order chi connectivity index (χ1) is 20.3. The van der Waals surface area contributed by atoms with E-state index >= 15 is 0 Å². The van der Waals surface area contributed by atoms with Crippen molar-refractivity contribution in [2.75, 3.05) is 56.5 Å². The van der Waals surface area contributed by atoms with Gasteiger partial charge in [0.1, 0.15) is 17.3 Å². The zero-order chi connectivity index (χ0) is 31.3. The van der Waals surface area contributed by atoms with E-state index in [0.717, 1.165) is 23.5 Å². The molecule has 1 amide bonds. The van der Waals surface area contributed by atoms with Gasteiger partial charge in [-0.2, -0.15) is 13.2 Å². The van der Waals surface area contributed by atoms with E-state index in [9.17, 15) is 27.2 Å². The molecule has 2 aromatic heterocycles. The maximum atomic E-state index is 14.3. The number of hydrogen-bond donors (Lipinski definition) is 2. The number of aliphatic carboxylic acids is 1. The molecular weight excluding hydrogens is 590 g/mol. The highest BCUT2D eigenvalue weighted by Gasteiger charge is 2.32. The Bertz CT molecular complexity index is 1420. The number of rotatable bonds is 11. The summed E-state index contributed by atoms with van der Waals surface area (Å²) < 4.78 is 54.5. The molecule has 1 aliphatic rings. The Labute approximate surface area is 250 Å². The van der Waals surface area contributed by atoms with Crippen molar-refractivity contribution in [2.45, 2.75) is 33.0 Å². The van der Waals surface area contributed by atoms with Gasteiger partial charge in [-0.25, -0.2) is 19.3 Å². The van der Waals surface area contributed by atoms with Crippen LogP contribution in [0.2, 0.25) is 0 Å². The van der Waals surface area contributed by atoms with Crippen molar-refractivity contribution < 1.29 is 32.3 Å². The van der Waals surface area contributed by atoms with E-state index in [0.29, 0.717) is 68.5 Å². The molecule has 232 valence electrons. The molecule has 1 aliphatic heterocycles. The molecule has 0 saturated carbocycles. The Morgan fingerprint density at radius 1 is 1.12 bits per heavy atom. The van der Waals surface area contributed by atoms with Gasteiger partial charge in [-0.1, -0.05) is 25.2 Å². The minimum absolute atomic E-state index is 0.0178. The summed E-state index contributed by atoms with van der Waals surface area (Å²) in [7, 11) is 1.86. The molecule has 15 heteroatoms. The van der Waals surface area contributed by atoms with Crippen molar-refractivity contribution in [3.05, 3.63) is 52.5 Å². The van der Waals surface area contributed by atoms with Crippen LogP contribution in [-0.2, 0) is 17.5 Å². The SMILES string of the molecule is CC(C)CN(C)Cc1sc(NC(=O)c2cnc(N3CCN(CCC(=O)O)CC3)cn2)nc1-c1cc(F)cc(C(F)(F)F)c1. The lowest BCUT2D eigenvalue weighted by Crippen LogP contribution is -2.47. The number of piperazine rings is 1. The second-order valence-corrected chi connectivity index (χ2v) is 11.9. The number of amides is 1. The van der Waals surface area contributed by atoms with Gasteiger partial charge in [-0.15, -0.1) is 0 Å². The van der Waals surface area contributed by atoms with Crippen molar-refractivity contribution >= 4 is 34.2 Å². The second-order valence-electron chi connectivity index (χ2n) is 10.8. The Balaban J connectivity index is 1.50. The predicted octanol–water partition coefficient (Wildman–Crippen LogP) is 4.69. The molecule has 1 saturated heterocycles. The number of alkyl halides is 3. The maximum Gasteiger partial charge on any atom is 0.416 e. The quantitative estimate of drug-likeness (QED) is 0.294. The van der Waals surface area contributed by atoms with Gasteiger partial charge in [-0.05, 0) is 31.2 Å². The van der Waals surface area contributed by atoms with Crippen LogP contribution in [0.3, 0.4) is 0 Å². The summed E-state index contributed by atoms with van der Waals surface area (Å²) in [6.07, 6.45) is -1.85. The number of anilines is 2. The lowest BCUT2D eigenvalue weighted by atomic mass is 10.1. The first-order valence-electron chi connectivity index (χ1n) is 13.7. The number of halogens is 4. The third kappa shape index (κ3) is 8.91. The first kappa shape index (κ1) is 32.2. The fourth-order valence-electron chi connectivity index (χ4n) is 4.78. The summed E-state index contributed by atoms with van der Waals surface area (Å²) in [5.41, 5.74) is -0.988. The predicted molar refractivity (Wildman–Crippen MR) is 155 cm³/mol. The molecule has 0 bridgehead atoms. The van der Waals surface area contributed by atoms with Crippen molar-refractivity contribution in [3.8, 4) is 11.3 Å². The van der Waals surface area contributed by atoms with Crippen LogP contribution >= 0.6 is 11.3 Å². The van der Waals surface area contributed by atoms with E-state index in [1.165, 1.54) is 12.4 Å². The fraction of sp³-hybridized carbons (Fsp3) is 0.464. The Kier molecular flexibility index (Phi) is 10.3. The summed E-state index contributed by atoms with van der Waals surface area (Å²) in [5.74, 6) is -1.57. The van der Waals surface area contributed by atoms with E-state index in [4.69, 9.17) is 5.11 Å². The first-order valence-corrected chi connectivity index (χ1v) is 14.5. The highest BCUT2D eigenvalue weighted by molar-refractivity contribution is 7.16. The van der Waals surface area contributed by atoms with Gasteiger partial charge in [0.2, 0.25) is 0 Å². The van der Waals surface area contributed by atoms with Gasteiger partial charge in [0, 0.05) is 56.3 Å². The van der Waals surface area contributed by atoms with Gasteiger partial charge in [0.15, 0.2) is 5.13 Å². The van der Waals surface area contributed by atoms with Crippen LogP contribution in [0.4, 0.5) is 28.5 Å². The smallest absolute Gasteiger partial charge is 0.416 e. The van der Waals surface area contributed by atoms with Gasteiger partial charge in [0.05, 0.1) is 30.1 Å². The van der Waals surface area contributed by atoms with Crippen LogP contribution in [0.5, 0.6) is 0 Å². The molecule has 1 aromatic carbocycles. The van der Waals surface area contributed by atoms with Crippen LogP contribution in [0.25, 0.3) is 11.3 Å². The monoisotopic (exact) mass is 623 g/mol. The number of thiazole rings is 1. The summed E-state index contributed by atoms with van der Waals surface area (Å²) in [4.78, 5) is 43.4. The summed E-state index contributed by atoms with van der Waals surface area (Å²) in [6, 6.07) is 2.29. The largest absolute Gasteiger partial charge is 0.481 e. The van der Waals surface area contributed by atoms with Crippen molar-refractivity contribution in [2.24, 2.45) is 5.92 Å². The molecular formula is C28H33F4N7O3S. The molecule has 0 aliphatic carbocycles. The number of benzene rings is 1. The van der Waals surface area contributed by atoms with E-state index in [2.05, 4.69) is 25.2 Å². The number of carboxylic acid groups (broad SMARTS) is 1. The average molecular weight is 624 g/mol. The van der Waals surface area contributed by atoms with Crippen LogP contribution < -0.4 is 10.2 Å². The Morgan fingerprint density at radius 3 is 2.44 bits per heavy atom. The standard InChI is InChI=1S/C28H33F4N7O3S/c1-17(2)15-37(3)16-22-25(18-10-19(28(30,31)32)12-20(29)11-18)35-27(43-22)36-26(42)21-13-34-23(14-33-21)39-8-6-38(7-9-39)5-4-24(40)41/h10-14,17H,4-9,15-16H2,1-3H3,(H,40,41)(H,35,36,42). The van der Waals surface area contributed by atoms with E-state index < -0.39 is 29.4 Å². The number of nitrogens with zero attached hydrogens (tertiary/aromatic N) is 6. The zero-order valence-electron chi connectivity index (χ0n) is 24.0. The number of hydrogen-bond acceptors (Lipinski definition) is 9. The number of carbonyl (C=O) groups excluding carboxylic acids is 1. The highest BCUT2D eigenvalue weighted by atomic mass is 32.1. The lowest BCUT2D eigenvalue weighted by Gasteiger charge is -2.34. The van der Waals surface area contributed by atoms with Crippen molar-refractivity contribution in [3.63, 3.8) is 0 Å². The molecule has 1 fully saturated rings. The van der Waals surface area contributed by atoms with Crippen LogP contribution in [0.1, 0.15) is 41.2 Å². The summed E-state index contributed by atoms with van der Waals surface area (Å²) >= 11 is 1.10. The molecule has 0 spiro atoms. The summed E-state index contributed by atoms with van der Waals surface area (Å²) in [6.45, 7) is 8.19.